The molecule has 88 valence electrons. The van der Waals surface area contributed by atoms with Crippen molar-refractivity contribution < 1.29 is 14.6 Å². The Bertz CT molecular complexity index is 403. The summed E-state index contributed by atoms with van der Waals surface area (Å²) < 4.78 is 4.71. The summed E-state index contributed by atoms with van der Waals surface area (Å²) in [7, 11) is 1.34. The van der Waals surface area contributed by atoms with Crippen molar-refractivity contribution in [3.8, 4) is 0 Å². The lowest BCUT2D eigenvalue weighted by molar-refractivity contribution is -0.139. The summed E-state index contributed by atoms with van der Waals surface area (Å²) in [6.07, 6.45) is 4.24. The molecule has 0 amide bonds. The molecule has 0 spiro atoms. The Labute approximate surface area is 95.8 Å². The largest absolute Gasteiger partial charge is 0.466 e. The molecular weight excluding hydrogens is 204 g/mol. The zero-order valence-electron chi connectivity index (χ0n) is 10.2. The number of hydrogen-bond acceptors (Lipinski definition) is 3. The summed E-state index contributed by atoms with van der Waals surface area (Å²) in [6.45, 7) is 6.23. The number of rotatable bonds is 1. The highest BCUT2D eigenvalue weighted by atomic mass is 16.5. The van der Waals surface area contributed by atoms with Crippen LogP contribution in [0.4, 0.5) is 0 Å². The van der Waals surface area contributed by atoms with E-state index in [1.165, 1.54) is 7.11 Å². The van der Waals surface area contributed by atoms with Gasteiger partial charge in [-0.05, 0) is 24.8 Å². The predicted octanol–water partition coefficient (Wildman–Crippen LogP) is 1.82. The molecular formula is C13H18O3. The average Bonchev–Trinajstić information content (AvgIpc) is 2.13. The van der Waals surface area contributed by atoms with Crippen LogP contribution in [0.5, 0.6) is 0 Å². The van der Waals surface area contributed by atoms with Gasteiger partial charge < -0.3 is 9.84 Å². The SMILES string of the molecule is COC(=O)C1=C[C@H]2C(C)=C[C@]1(O)CC2(C)C. The number of methoxy groups -OCH3 is 1. The molecule has 3 rings (SSSR count). The molecule has 2 bridgehead atoms. The van der Waals surface area contributed by atoms with Gasteiger partial charge in [0.05, 0.1) is 12.7 Å². The third-order valence-corrected chi connectivity index (χ3v) is 3.73. The minimum Gasteiger partial charge on any atom is -0.466 e. The highest BCUT2D eigenvalue weighted by Crippen LogP contribution is 2.52. The van der Waals surface area contributed by atoms with E-state index < -0.39 is 11.6 Å². The van der Waals surface area contributed by atoms with Gasteiger partial charge in [0.25, 0.3) is 0 Å². The Morgan fingerprint density at radius 3 is 2.62 bits per heavy atom. The fourth-order valence-electron chi connectivity index (χ4n) is 3.13. The first kappa shape index (κ1) is 11.4. The van der Waals surface area contributed by atoms with Crippen molar-refractivity contribution in [2.75, 3.05) is 7.11 Å². The van der Waals surface area contributed by atoms with Crippen LogP contribution in [0.25, 0.3) is 0 Å². The normalized spacial score (nSPS) is 35.4. The molecule has 0 unspecified atom stereocenters. The minimum absolute atomic E-state index is 0.00882. The van der Waals surface area contributed by atoms with Gasteiger partial charge in [-0.15, -0.1) is 0 Å². The molecule has 0 heterocycles. The van der Waals surface area contributed by atoms with Crippen LogP contribution in [0.2, 0.25) is 0 Å². The van der Waals surface area contributed by atoms with Crippen LogP contribution in [0.1, 0.15) is 27.2 Å². The number of aliphatic hydroxyl groups is 1. The molecule has 3 nitrogen and oxygen atoms in total. The van der Waals surface area contributed by atoms with Gasteiger partial charge in [-0.2, -0.15) is 0 Å². The first-order valence-electron chi connectivity index (χ1n) is 5.52. The van der Waals surface area contributed by atoms with Crippen molar-refractivity contribution in [3.05, 3.63) is 23.3 Å². The van der Waals surface area contributed by atoms with Crippen molar-refractivity contribution in [2.45, 2.75) is 32.8 Å². The third kappa shape index (κ3) is 1.42. The second-order valence-corrected chi connectivity index (χ2v) is 5.53. The number of carbonyl (C=O) groups excluding carboxylic acids is 1. The van der Waals surface area contributed by atoms with Crippen LogP contribution in [-0.4, -0.2) is 23.8 Å². The first-order chi connectivity index (χ1) is 7.30. The van der Waals surface area contributed by atoms with E-state index in [0.717, 1.165) is 5.57 Å². The number of ether oxygens (including phenoxy) is 1. The summed E-state index contributed by atoms with van der Waals surface area (Å²) in [6, 6.07) is 0. The van der Waals surface area contributed by atoms with Crippen LogP contribution in [0.3, 0.4) is 0 Å². The Hall–Kier alpha value is -1.09. The lowest BCUT2D eigenvalue weighted by atomic mass is 9.57. The maximum Gasteiger partial charge on any atom is 0.336 e. The number of carbonyl (C=O) groups is 1. The topological polar surface area (TPSA) is 46.5 Å². The zero-order valence-corrected chi connectivity index (χ0v) is 10.2. The molecule has 2 atom stereocenters. The van der Waals surface area contributed by atoms with E-state index in [2.05, 4.69) is 13.8 Å². The Balaban J connectivity index is 2.50. The van der Waals surface area contributed by atoms with E-state index in [9.17, 15) is 9.90 Å². The number of allylic oxidation sites excluding steroid dienone is 2. The monoisotopic (exact) mass is 222 g/mol. The molecule has 16 heavy (non-hydrogen) atoms. The minimum atomic E-state index is -1.14. The van der Waals surface area contributed by atoms with Gasteiger partial charge in [-0.1, -0.05) is 25.5 Å². The Morgan fingerprint density at radius 1 is 1.56 bits per heavy atom. The van der Waals surface area contributed by atoms with Crippen molar-refractivity contribution >= 4 is 5.97 Å². The van der Waals surface area contributed by atoms with E-state index in [4.69, 9.17) is 4.74 Å². The number of fused-ring (bicyclic) bond motifs is 1. The van der Waals surface area contributed by atoms with Gasteiger partial charge in [-0.25, -0.2) is 4.79 Å². The number of hydrogen-bond donors (Lipinski definition) is 1. The smallest absolute Gasteiger partial charge is 0.336 e. The second-order valence-electron chi connectivity index (χ2n) is 5.53. The van der Waals surface area contributed by atoms with Crippen LogP contribution in [0, 0.1) is 11.3 Å². The molecule has 0 saturated heterocycles. The second kappa shape index (κ2) is 3.20. The van der Waals surface area contributed by atoms with Crippen molar-refractivity contribution in [2.24, 2.45) is 11.3 Å². The van der Waals surface area contributed by atoms with Gasteiger partial charge >= 0.3 is 5.97 Å². The summed E-state index contributed by atoms with van der Waals surface area (Å²) in [5.41, 5.74) is 0.372. The van der Waals surface area contributed by atoms with E-state index in [-0.39, 0.29) is 11.3 Å². The molecule has 0 aromatic carbocycles. The van der Waals surface area contributed by atoms with E-state index in [0.29, 0.717) is 12.0 Å². The van der Waals surface area contributed by atoms with E-state index >= 15 is 0 Å². The van der Waals surface area contributed by atoms with Crippen molar-refractivity contribution in [1.29, 1.82) is 0 Å². The number of esters is 1. The average molecular weight is 222 g/mol. The van der Waals surface area contributed by atoms with Gasteiger partial charge in [0.1, 0.15) is 5.60 Å². The molecule has 0 saturated carbocycles. The molecule has 0 aliphatic heterocycles. The Kier molecular flexibility index (Phi) is 2.28. The van der Waals surface area contributed by atoms with E-state index in [1.807, 2.05) is 13.0 Å². The van der Waals surface area contributed by atoms with Crippen LogP contribution >= 0.6 is 0 Å². The van der Waals surface area contributed by atoms with Crippen LogP contribution in [0.15, 0.2) is 23.3 Å². The third-order valence-electron chi connectivity index (χ3n) is 3.73. The molecule has 0 fully saturated rings. The van der Waals surface area contributed by atoms with Gasteiger partial charge in [0.15, 0.2) is 0 Å². The lowest BCUT2D eigenvalue weighted by Gasteiger charge is -2.49. The summed E-state index contributed by atoms with van der Waals surface area (Å²) in [5, 5.41) is 10.5. The molecule has 3 aliphatic rings. The summed E-state index contributed by atoms with van der Waals surface area (Å²) in [5.74, 6) is -0.206. The highest BCUT2D eigenvalue weighted by molar-refractivity contribution is 5.92. The lowest BCUT2D eigenvalue weighted by Crippen LogP contribution is -2.49. The molecule has 3 heteroatoms. The van der Waals surface area contributed by atoms with Crippen molar-refractivity contribution in [3.63, 3.8) is 0 Å². The van der Waals surface area contributed by atoms with Crippen LogP contribution < -0.4 is 0 Å². The molecule has 0 aromatic heterocycles. The maximum atomic E-state index is 11.6. The summed E-state index contributed by atoms with van der Waals surface area (Å²) in [4.78, 5) is 11.6. The highest BCUT2D eigenvalue weighted by Gasteiger charge is 2.51. The quantitative estimate of drug-likeness (QED) is 0.544. The molecule has 3 aliphatic carbocycles. The maximum absolute atomic E-state index is 11.6. The molecule has 0 aromatic rings. The zero-order chi connectivity index (χ0) is 12.1. The standard InChI is InChI=1S/C13H18O3/c1-8-6-13(15)7-12(2,3)9(8)5-10(13)11(14)16-4/h5-6,9,15H,7H2,1-4H3/t9-,13-/m0/s1. The summed E-state index contributed by atoms with van der Waals surface area (Å²) >= 11 is 0. The van der Waals surface area contributed by atoms with Crippen LogP contribution in [-0.2, 0) is 9.53 Å². The van der Waals surface area contributed by atoms with Gasteiger partial charge in [0, 0.05) is 5.92 Å². The first-order valence-corrected chi connectivity index (χ1v) is 5.52. The van der Waals surface area contributed by atoms with E-state index in [1.54, 1.807) is 6.08 Å². The van der Waals surface area contributed by atoms with Gasteiger partial charge in [-0.3, -0.25) is 0 Å². The fourth-order valence-corrected chi connectivity index (χ4v) is 3.13. The van der Waals surface area contributed by atoms with Crippen molar-refractivity contribution in [1.82, 2.24) is 0 Å². The molecule has 1 N–H and O–H groups in total. The Morgan fingerprint density at radius 2 is 2.19 bits per heavy atom. The van der Waals surface area contributed by atoms with Gasteiger partial charge in [0.2, 0.25) is 0 Å². The molecule has 0 radical (unpaired) electrons. The predicted molar refractivity (Wildman–Crippen MR) is 60.7 cm³/mol. The fraction of sp³-hybridized carbons (Fsp3) is 0.615.